The summed E-state index contributed by atoms with van der Waals surface area (Å²) in [5, 5.41) is 0. The number of nitrogens with two attached hydrogens (primary N) is 2. The van der Waals surface area contributed by atoms with Crippen molar-refractivity contribution in [2.45, 2.75) is 26.0 Å². The van der Waals surface area contributed by atoms with Gasteiger partial charge in [0, 0.05) is 17.0 Å². The minimum absolute atomic E-state index is 0.435. The molecule has 0 saturated carbocycles. The number of nitrogen functional groups attached to an aromatic ring is 1. The van der Waals surface area contributed by atoms with Crippen molar-refractivity contribution in [1.29, 1.82) is 0 Å². The molecule has 0 aliphatic carbocycles. The van der Waals surface area contributed by atoms with Crippen molar-refractivity contribution in [3.8, 4) is 0 Å². The van der Waals surface area contributed by atoms with Crippen LogP contribution in [0.4, 0.5) is 5.69 Å². The van der Waals surface area contributed by atoms with E-state index in [1.165, 1.54) is 6.42 Å². The van der Waals surface area contributed by atoms with E-state index in [1.54, 1.807) is 12.1 Å². The van der Waals surface area contributed by atoms with E-state index in [9.17, 15) is 4.79 Å². The van der Waals surface area contributed by atoms with Crippen LogP contribution in [0.2, 0.25) is 0 Å². The van der Waals surface area contributed by atoms with Gasteiger partial charge >= 0.3 is 0 Å². The highest BCUT2D eigenvalue weighted by Gasteiger charge is 2.06. The number of anilines is 1. The Morgan fingerprint density at radius 3 is 2.71 bits per heavy atom. The van der Waals surface area contributed by atoms with Gasteiger partial charge in [-0.3, -0.25) is 4.79 Å². The molecule has 1 aromatic carbocycles. The molecule has 4 N–H and O–H groups in total. The van der Waals surface area contributed by atoms with Crippen LogP contribution in [0, 0.1) is 5.92 Å². The number of carbonyl (C=O) groups is 1. The summed E-state index contributed by atoms with van der Waals surface area (Å²) in [6.45, 7) is 4.44. The number of hydrogen-bond acceptors (Lipinski definition) is 3. The van der Waals surface area contributed by atoms with Crippen molar-refractivity contribution in [3.63, 3.8) is 0 Å². The quantitative estimate of drug-likeness (QED) is 0.765. The molecule has 0 radical (unpaired) electrons. The predicted octanol–water partition coefficient (Wildman–Crippen LogP) is 2.65. The molecule has 0 aromatic heterocycles. The van der Waals surface area contributed by atoms with Crippen LogP contribution in [0.1, 0.15) is 36.2 Å². The summed E-state index contributed by atoms with van der Waals surface area (Å²) in [4.78, 5) is 11.0. The fraction of sp³-hybridized carbons (Fsp3) is 0.462. The van der Waals surface area contributed by atoms with Crippen molar-refractivity contribution in [1.82, 2.24) is 0 Å². The zero-order chi connectivity index (χ0) is 12.8. The van der Waals surface area contributed by atoms with Gasteiger partial charge < -0.3 is 11.5 Å². The largest absolute Gasteiger partial charge is 0.398 e. The number of rotatable bonds is 6. The standard InChI is InChI=1S/C13H20N2OS/c1-3-9(2)7-17-8-11-5-4-10(13(15)16)6-12(11)14/h4-6,9H,3,7-8,14H2,1-2H3,(H2,15,16). The monoisotopic (exact) mass is 252 g/mol. The van der Waals surface area contributed by atoms with Gasteiger partial charge in [-0.25, -0.2) is 0 Å². The summed E-state index contributed by atoms with van der Waals surface area (Å²) in [6.07, 6.45) is 1.20. The molecule has 0 heterocycles. The van der Waals surface area contributed by atoms with Gasteiger partial charge in [-0.2, -0.15) is 11.8 Å². The van der Waals surface area contributed by atoms with E-state index in [1.807, 2.05) is 17.8 Å². The maximum atomic E-state index is 11.0. The minimum Gasteiger partial charge on any atom is -0.398 e. The van der Waals surface area contributed by atoms with E-state index >= 15 is 0 Å². The average molecular weight is 252 g/mol. The fourth-order valence-corrected chi connectivity index (χ4v) is 2.61. The van der Waals surface area contributed by atoms with Gasteiger partial charge in [-0.05, 0) is 29.4 Å². The second-order valence-corrected chi connectivity index (χ2v) is 5.34. The van der Waals surface area contributed by atoms with Gasteiger partial charge in [0.05, 0.1) is 0 Å². The first-order valence-corrected chi connectivity index (χ1v) is 6.96. The van der Waals surface area contributed by atoms with Crippen molar-refractivity contribution in [2.75, 3.05) is 11.5 Å². The molecule has 1 unspecified atom stereocenters. The summed E-state index contributed by atoms with van der Waals surface area (Å²) in [5.74, 6) is 2.31. The Balaban J connectivity index is 2.57. The van der Waals surface area contributed by atoms with E-state index in [0.29, 0.717) is 11.3 Å². The van der Waals surface area contributed by atoms with Crippen LogP contribution in [0.25, 0.3) is 0 Å². The summed E-state index contributed by atoms with van der Waals surface area (Å²) in [5.41, 5.74) is 13.3. The number of thioether (sulfide) groups is 1. The lowest BCUT2D eigenvalue weighted by Crippen LogP contribution is -2.11. The van der Waals surface area contributed by atoms with Crippen LogP contribution in [0.5, 0.6) is 0 Å². The molecule has 1 atom stereocenters. The number of hydrogen-bond donors (Lipinski definition) is 2. The molecule has 17 heavy (non-hydrogen) atoms. The third kappa shape index (κ3) is 4.30. The zero-order valence-electron chi connectivity index (χ0n) is 10.4. The average Bonchev–Trinajstić information content (AvgIpc) is 2.30. The van der Waals surface area contributed by atoms with Crippen LogP contribution in [0.15, 0.2) is 18.2 Å². The summed E-state index contributed by atoms with van der Waals surface area (Å²) >= 11 is 1.87. The Kier molecular flexibility index (Phi) is 5.35. The molecule has 1 rings (SSSR count). The summed E-state index contributed by atoms with van der Waals surface area (Å²) < 4.78 is 0. The first-order valence-electron chi connectivity index (χ1n) is 5.80. The topological polar surface area (TPSA) is 69.1 Å². The number of benzene rings is 1. The molecular weight excluding hydrogens is 232 g/mol. The Labute approximate surface area is 107 Å². The molecule has 3 nitrogen and oxygen atoms in total. The second kappa shape index (κ2) is 6.55. The van der Waals surface area contributed by atoms with Crippen molar-refractivity contribution in [3.05, 3.63) is 29.3 Å². The molecule has 0 aliphatic rings. The molecular formula is C13H20N2OS. The van der Waals surface area contributed by atoms with Gasteiger partial charge in [0.15, 0.2) is 0 Å². The van der Waals surface area contributed by atoms with E-state index in [4.69, 9.17) is 11.5 Å². The molecule has 4 heteroatoms. The van der Waals surface area contributed by atoms with Crippen molar-refractivity contribution < 1.29 is 4.79 Å². The highest BCUT2D eigenvalue weighted by Crippen LogP contribution is 2.22. The maximum Gasteiger partial charge on any atom is 0.248 e. The van der Waals surface area contributed by atoms with Crippen molar-refractivity contribution in [2.24, 2.45) is 11.7 Å². The van der Waals surface area contributed by atoms with Gasteiger partial charge in [0.2, 0.25) is 5.91 Å². The van der Waals surface area contributed by atoms with Crippen LogP contribution < -0.4 is 11.5 Å². The normalized spacial score (nSPS) is 12.4. The maximum absolute atomic E-state index is 11.0. The van der Waals surface area contributed by atoms with Crippen LogP contribution in [-0.2, 0) is 5.75 Å². The van der Waals surface area contributed by atoms with E-state index in [2.05, 4.69) is 13.8 Å². The Bertz CT molecular complexity index is 393. The van der Waals surface area contributed by atoms with Crippen molar-refractivity contribution >= 4 is 23.4 Å². The van der Waals surface area contributed by atoms with Crippen LogP contribution in [-0.4, -0.2) is 11.7 Å². The molecule has 0 bridgehead atoms. The lowest BCUT2D eigenvalue weighted by atomic mass is 10.1. The molecule has 1 aromatic rings. The SMILES string of the molecule is CCC(C)CSCc1ccc(C(N)=O)cc1N. The predicted molar refractivity (Wildman–Crippen MR) is 75.0 cm³/mol. The Hall–Kier alpha value is -1.16. The Morgan fingerprint density at radius 2 is 2.18 bits per heavy atom. The van der Waals surface area contributed by atoms with Gasteiger partial charge in [0.1, 0.15) is 0 Å². The van der Waals surface area contributed by atoms with Crippen LogP contribution >= 0.6 is 11.8 Å². The third-order valence-corrected chi connectivity index (χ3v) is 4.11. The van der Waals surface area contributed by atoms with E-state index in [0.717, 1.165) is 23.0 Å². The molecule has 94 valence electrons. The third-order valence-electron chi connectivity index (χ3n) is 2.79. The van der Waals surface area contributed by atoms with Gasteiger partial charge in [-0.15, -0.1) is 0 Å². The lowest BCUT2D eigenvalue weighted by Gasteiger charge is -2.09. The number of amides is 1. The summed E-state index contributed by atoms with van der Waals surface area (Å²) in [6, 6.07) is 5.28. The smallest absolute Gasteiger partial charge is 0.248 e. The number of carbonyl (C=O) groups excluding carboxylic acids is 1. The fourth-order valence-electron chi connectivity index (χ4n) is 1.37. The molecule has 1 amide bonds. The lowest BCUT2D eigenvalue weighted by molar-refractivity contribution is 0.100. The van der Waals surface area contributed by atoms with Gasteiger partial charge in [-0.1, -0.05) is 26.3 Å². The molecule has 0 spiro atoms. The van der Waals surface area contributed by atoms with E-state index in [-0.39, 0.29) is 0 Å². The molecule has 0 fully saturated rings. The first-order chi connectivity index (χ1) is 8.04. The highest BCUT2D eigenvalue weighted by atomic mass is 32.2. The van der Waals surface area contributed by atoms with E-state index < -0.39 is 5.91 Å². The first kappa shape index (κ1) is 13.9. The van der Waals surface area contributed by atoms with Gasteiger partial charge in [0.25, 0.3) is 0 Å². The minimum atomic E-state index is -0.435. The molecule has 0 aliphatic heterocycles. The highest BCUT2D eigenvalue weighted by molar-refractivity contribution is 7.98. The number of primary amides is 1. The van der Waals surface area contributed by atoms with Crippen LogP contribution in [0.3, 0.4) is 0 Å². The second-order valence-electron chi connectivity index (χ2n) is 4.31. The molecule has 0 saturated heterocycles. The Morgan fingerprint density at radius 1 is 1.47 bits per heavy atom. The zero-order valence-corrected chi connectivity index (χ0v) is 11.2. The summed E-state index contributed by atoms with van der Waals surface area (Å²) in [7, 11) is 0.